The number of phenols is 2. The molecule has 0 aromatic heterocycles. The number of rotatable bonds is 5. The Morgan fingerprint density at radius 2 is 1.67 bits per heavy atom. The molecule has 0 saturated carbocycles. The fraction of sp³-hybridized carbons (Fsp3) is 0.200. The van der Waals surface area contributed by atoms with E-state index in [9.17, 15) is 18.6 Å². The molecule has 0 bridgehead atoms. The topological polar surface area (TPSA) is 86.6 Å². The van der Waals surface area contributed by atoms with Crippen molar-refractivity contribution in [3.05, 3.63) is 53.6 Å². The minimum atomic E-state index is -3.53. The van der Waals surface area contributed by atoms with Crippen molar-refractivity contribution in [2.45, 2.75) is 18.2 Å². The second-order valence-corrected chi connectivity index (χ2v) is 6.55. The first-order chi connectivity index (χ1) is 9.88. The smallest absolute Gasteiger partial charge is 0.240 e. The third-order valence-electron chi connectivity index (χ3n) is 3.08. The molecule has 2 aromatic rings. The number of aryl methyl sites for hydroxylation is 1. The molecule has 0 heterocycles. The maximum atomic E-state index is 12.1. The summed E-state index contributed by atoms with van der Waals surface area (Å²) in [4.78, 5) is 0.224. The van der Waals surface area contributed by atoms with Crippen LogP contribution in [-0.4, -0.2) is 25.2 Å². The number of benzene rings is 2. The minimum absolute atomic E-state index is 0.195. The standard InChI is InChI=1S/C15H17NO4S/c1-11-2-5-13(6-3-11)21(19,20)16-9-8-12-4-7-14(17)15(18)10-12/h2-7,10,16-18H,8-9H2,1H3. The van der Waals surface area contributed by atoms with Gasteiger partial charge in [0.25, 0.3) is 0 Å². The highest BCUT2D eigenvalue weighted by Gasteiger charge is 2.12. The molecule has 112 valence electrons. The fourth-order valence-electron chi connectivity index (χ4n) is 1.86. The predicted molar refractivity (Wildman–Crippen MR) is 79.8 cm³/mol. The Morgan fingerprint density at radius 3 is 2.29 bits per heavy atom. The third-order valence-corrected chi connectivity index (χ3v) is 4.55. The number of hydrogen-bond acceptors (Lipinski definition) is 4. The van der Waals surface area contributed by atoms with E-state index in [1.807, 2.05) is 6.92 Å². The number of sulfonamides is 1. The summed E-state index contributed by atoms with van der Waals surface area (Å²) in [5.74, 6) is -0.409. The van der Waals surface area contributed by atoms with E-state index >= 15 is 0 Å². The van der Waals surface area contributed by atoms with Gasteiger partial charge in [0, 0.05) is 6.54 Å². The molecule has 21 heavy (non-hydrogen) atoms. The summed E-state index contributed by atoms with van der Waals surface area (Å²) < 4.78 is 26.6. The summed E-state index contributed by atoms with van der Waals surface area (Å²) in [7, 11) is -3.53. The van der Waals surface area contributed by atoms with E-state index in [-0.39, 0.29) is 22.9 Å². The third kappa shape index (κ3) is 3.96. The van der Waals surface area contributed by atoms with Gasteiger partial charge >= 0.3 is 0 Å². The zero-order valence-electron chi connectivity index (χ0n) is 11.6. The molecule has 0 unspecified atom stereocenters. The maximum Gasteiger partial charge on any atom is 0.240 e. The number of aromatic hydroxyl groups is 2. The quantitative estimate of drug-likeness (QED) is 0.737. The monoisotopic (exact) mass is 307 g/mol. The Kier molecular flexibility index (Phi) is 4.50. The lowest BCUT2D eigenvalue weighted by atomic mass is 10.1. The normalized spacial score (nSPS) is 11.5. The van der Waals surface area contributed by atoms with Crippen molar-refractivity contribution < 1.29 is 18.6 Å². The first-order valence-electron chi connectivity index (χ1n) is 6.46. The number of phenolic OH excluding ortho intramolecular Hbond substituents is 2. The molecule has 0 amide bonds. The van der Waals surface area contributed by atoms with Gasteiger partial charge in [0.15, 0.2) is 11.5 Å². The Bertz CT molecular complexity index is 724. The van der Waals surface area contributed by atoms with E-state index in [0.717, 1.165) is 11.1 Å². The summed E-state index contributed by atoms with van der Waals surface area (Å²) in [6.45, 7) is 2.10. The van der Waals surface area contributed by atoms with Gasteiger partial charge in [-0.25, -0.2) is 13.1 Å². The van der Waals surface area contributed by atoms with Crippen molar-refractivity contribution >= 4 is 10.0 Å². The van der Waals surface area contributed by atoms with E-state index in [2.05, 4.69) is 4.72 Å². The Hall–Kier alpha value is -2.05. The van der Waals surface area contributed by atoms with Gasteiger partial charge in [-0.2, -0.15) is 0 Å². The van der Waals surface area contributed by atoms with Crippen LogP contribution in [0.25, 0.3) is 0 Å². The van der Waals surface area contributed by atoms with E-state index in [0.29, 0.717) is 6.42 Å². The fourth-order valence-corrected chi connectivity index (χ4v) is 2.89. The lowest BCUT2D eigenvalue weighted by molar-refractivity contribution is 0.403. The Labute approximate surface area is 123 Å². The van der Waals surface area contributed by atoms with Crippen molar-refractivity contribution in [3.8, 4) is 11.5 Å². The van der Waals surface area contributed by atoms with Gasteiger partial charge in [-0.15, -0.1) is 0 Å². The zero-order valence-corrected chi connectivity index (χ0v) is 12.4. The summed E-state index contributed by atoms with van der Waals surface area (Å²) in [5, 5.41) is 18.6. The van der Waals surface area contributed by atoms with Gasteiger partial charge < -0.3 is 10.2 Å². The minimum Gasteiger partial charge on any atom is -0.504 e. The van der Waals surface area contributed by atoms with Crippen LogP contribution in [0.5, 0.6) is 11.5 Å². The summed E-state index contributed by atoms with van der Waals surface area (Å²) in [5.41, 5.74) is 1.73. The van der Waals surface area contributed by atoms with Gasteiger partial charge in [-0.3, -0.25) is 0 Å². The molecule has 3 N–H and O–H groups in total. The molecule has 0 aliphatic heterocycles. The van der Waals surface area contributed by atoms with Crippen LogP contribution < -0.4 is 4.72 Å². The van der Waals surface area contributed by atoms with Crippen molar-refractivity contribution in [2.24, 2.45) is 0 Å². The molecule has 6 heteroatoms. The van der Waals surface area contributed by atoms with Gasteiger partial charge in [-0.05, 0) is 43.2 Å². The molecular weight excluding hydrogens is 290 g/mol. The molecule has 0 aliphatic rings. The number of nitrogens with one attached hydrogen (secondary N) is 1. The highest BCUT2D eigenvalue weighted by atomic mass is 32.2. The lowest BCUT2D eigenvalue weighted by Gasteiger charge is -2.08. The van der Waals surface area contributed by atoms with Crippen molar-refractivity contribution in [2.75, 3.05) is 6.54 Å². The first kappa shape index (κ1) is 15.3. The van der Waals surface area contributed by atoms with Gasteiger partial charge in [0.05, 0.1) is 4.90 Å². The Balaban J connectivity index is 1.98. The Morgan fingerprint density at radius 1 is 1.00 bits per heavy atom. The lowest BCUT2D eigenvalue weighted by Crippen LogP contribution is -2.25. The molecule has 2 aromatic carbocycles. The van der Waals surface area contributed by atoms with Gasteiger partial charge in [0.2, 0.25) is 10.0 Å². The molecule has 0 atom stereocenters. The van der Waals surface area contributed by atoms with Crippen LogP contribution in [0.15, 0.2) is 47.4 Å². The van der Waals surface area contributed by atoms with Gasteiger partial charge in [-0.1, -0.05) is 23.8 Å². The van der Waals surface area contributed by atoms with Crippen LogP contribution in [0.4, 0.5) is 0 Å². The SMILES string of the molecule is Cc1ccc(S(=O)(=O)NCCc2ccc(O)c(O)c2)cc1. The van der Waals surface area contributed by atoms with Crippen LogP contribution in [0.1, 0.15) is 11.1 Å². The van der Waals surface area contributed by atoms with Crippen LogP contribution in [0.2, 0.25) is 0 Å². The molecule has 5 nitrogen and oxygen atoms in total. The molecule has 0 aliphatic carbocycles. The predicted octanol–water partition coefficient (Wildman–Crippen LogP) is 1.93. The van der Waals surface area contributed by atoms with E-state index in [4.69, 9.17) is 0 Å². The van der Waals surface area contributed by atoms with Gasteiger partial charge in [0.1, 0.15) is 0 Å². The zero-order chi connectivity index (χ0) is 15.5. The highest BCUT2D eigenvalue weighted by Crippen LogP contribution is 2.24. The van der Waals surface area contributed by atoms with E-state index in [1.165, 1.54) is 12.1 Å². The first-order valence-corrected chi connectivity index (χ1v) is 7.94. The summed E-state index contributed by atoms with van der Waals surface area (Å²) in [6.07, 6.45) is 0.416. The highest BCUT2D eigenvalue weighted by molar-refractivity contribution is 7.89. The average Bonchev–Trinajstić information content (AvgIpc) is 2.43. The van der Waals surface area contributed by atoms with Crippen molar-refractivity contribution in [1.82, 2.24) is 4.72 Å². The molecule has 2 rings (SSSR count). The van der Waals surface area contributed by atoms with E-state index < -0.39 is 10.0 Å². The van der Waals surface area contributed by atoms with Crippen molar-refractivity contribution in [3.63, 3.8) is 0 Å². The largest absolute Gasteiger partial charge is 0.504 e. The second kappa shape index (κ2) is 6.15. The molecule has 0 spiro atoms. The molecule has 0 radical (unpaired) electrons. The summed E-state index contributed by atoms with van der Waals surface area (Å²) >= 11 is 0. The molecular formula is C15H17NO4S. The second-order valence-electron chi connectivity index (χ2n) is 4.78. The molecule has 0 saturated heterocycles. The average molecular weight is 307 g/mol. The van der Waals surface area contributed by atoms with Crippen LogP contribution >= 0.6 is 0 Å². The number of hydrogen-bond donors (Lipinski definition) is 3. The maximum absolute atomic E-state index is 12.1. The van der Waals surface area contributed by atoms with Crippen LogP contribution in [-0.2, 0) is 16.4 Å². The summed E-state index contributed by atoms with van der Waals surface area (Å²) in [6, 6.07) is 11.0. The van der Waals surface area contributed by atoms with Crippen molar-refractivity contribution in [1.29, 1.82) is 0 Å². The van der Waals surface area contributed by atoms with Crippen LogP contribution in [0.3, 0.4) is 0 Å². The van der Waals surface area contributed by atoms with Crippen LogP contribution in [0, 0.1) is 6.92 Å². The van der Waals surface area contributed by atoms with E-state index in [1.54, 1.807) is 30.3 Å². The molecule has 0 fully saturated rings.